The molecule has 1 aromatic heterocycles. The third-order valence-corrected chi connectivity index (χ3v) is 6.15. The number of aromatic nitrogens is 2. The predicted molar refractivity (Wildman–Crippen MR) is 106 cm³/mol. The molecule has 3 rings (SSSR count). The van der Waals surface area contributed by atoms with Crippen LogP contribution < -0.4 is 0 Å². The third kappa shape index (κ3) is 5.53. The zero-order valence-electron chi connectivity index (χ0n) is 16.9. The van der Waals surface area contributed by atoms with Crippen molar-refractivity contribution in [3.63, 3.8) is 0 Å². The van der Waals surface area contributed by atoms with Gasteiger partial charge in [-0.2, -0.15) is 0 Å². The summed E-state index contributed by atoms with van der Waals surface area (Å²) in [5, 5.41) is 9.20. The van der Waals surface area contributed by atoms with E-state index in [1.54, 1.807) is 0 Å². The Hall–Kier alpha value is -1.44. The molecule has 7 nitrogen and oxygen atoms in total. The van der Waals surface area contributed by atoms with Crippen LogP contribution in [0.5, 0.6) is 0 Å². The smallest absolute Gasteiger partial charge is 0.303 e. The van der Waals surface area contributed by atoms with Crippen LogP contribution in [0.2, 0.25) is 0 Å². The Kier molecular flexibility index (Phi) is 7.26. The summed E-state index contributed by atoms with van der Waals surface area (Å²) < 4.78 is 2.25. The Morgan fingerprint density at radius 2 is 2.04 bits per heavy atom. The number of hydrogen-bond donors (Lipinski definition) is 1. The zero-order chi connectivity index (χ0) is 19.2. The Morgan fingerprint density at radius 3 is 2.74 bits per heavy atom. The normalized spacial score (nSPS) is 25.7. The number of aliphatic carboxylic acids is 1. The quantitative estimate of drug-likeness (QED) is 0.742. The first-order valence-electron chi connectivity index (χ1n) is 10.4. The summed E-state index contributed by atoms with van der Waals surface area (Å²) in [6, 6.07) is 0.518. The first-order valence-corrected chi connectivity index (χ1v) is 10.4. The molecule has 27 heavy (non-hydrogen) atoms. The van der Waals surface area contributed by atoms with Gasteiger partial charge in [0.05, 0.1) is 6.54 Å². The number of nitrogens with zero attached hydrogens (tertiary/aromatic N) is 5. The Morgan fingerprint density at radius 1 is 1.26 bits per heavy atom. The van der Waals surface area contributed by atoms with E-state index < -0.39 is 5.97 Å². The average Bonchev–Trinajstić information content (AvgIpc) is 3.08. The lowest BCUT2D eigenvalue weighted by atomic mass is 9.86. The Labute approximate surface area is 162 Å². The molecule has 0 bridgehead atoms. The van der Waals surface area contributed by atoms with Gasteiger partial charge in [0.1, 0.15) is 5.82 Å². The molecule has 0 amide bonds. The highest BCUT2D eigenvalue weighted by molar-refractivity contribution is 5.66. The minimum Gasteiger partial charge on any atom is -0.481 e. The summed E-state index contributed by atoms with van der Waals surface area (Å²) in [4.78, 5) is 23.2. The van der Waals surface area contributed by atoms with Gasteiger partial charge in [-0.25, -0.2) is 4.98 Å². The molecular formula is C20H35N5O2. The van der Waals surface area contributed by atoms with Crippen LogP contribution in [0.25, 0.3) is 0 Å². The highest BCUT2D eigenvalue weighted by atomic mass is 16.4. The van der Waals surface area contributed by atoms with Crippen LogP contribution in [0.3, 0.4) is 0 Å². The number of rotatable bonds is 8. The monoisotopic (exact) mass is 377 g/mol. The maximum Gasteiger partial charge on any atom is 0.303 e. The minimum atomic E-state index is -0.678. The van der Waals surface area contributed by atoms with Crippen molar-refractivity contribution in [1.29, 1.82) is 0 Å². The maximum atomic E-state index is 11.2. The van der Waals surface area contributed by atoms with Crippen LogP contribution in [-0.4, -0.2) is 87.7 Å². The van der Waals surface area contributed by atoms with Gasteiger partial charge in [-0.15, -0.1) is 0 Å². The molecule has 2 atom stereocenters. The van der Waals surface area contributed by atoms with Crippen LogP contribution in [0.4, 0.5) is 0 Å². The first-order chi connectivity index (χ1) is 13.1. The number of carboxylic acid groups (broad SMARTS) is 1. The van der Waals surface area contributed by atoms with Crippen molar-refractivity contribution in [2.45, 2.75) is 51.7 Å². The number of carboxylic acids is 1. The van der Waals surface area contributed by atoms with E-state index in [0.717, 1.165) is 77.4 Å². The van der Waals surface area contributed by atoms with Gasteiger partial charge in [0.2, 0.25) is 0 Å². The van der Waals surface area contributed by atoms with Crippen molar-refractivity contribution >= 4 is 5.97 Å². The molecule has 0 spiro atoms. The maximum absolute atomic E-state index is 11.2. The second-order valence-electron chi connectivity index (χ2n) is 8.16. The lowest BCUT2D eigenvalue weighted by molar-refractivity contribution is -0.137. The van der Waals surface area contributed by atoms with E-state index in [4.69, 9.17) is 0 Å². The average molecular weight is 378 g/mol. The summed E-state index contributed by atoms with van der Waals surface area (Å²) >= 11 is 0. The highest BCUT2D eigenvalue weighted by Crippen LogP contribution is 2.28. The molecule has 2 aliphatic rings. The number of carbonyl (C=O) groups is 1. The molecule has 0 saturated carbocycles. The fourth-order valence-electron chi connectivity index (χ4n) is 4.60. The molecule has 0 unspecified atom stereocenters. The van der Waals surface area contributed by atoms with E-state index in [1.807, 2.05) is 6.20 Å². The van der Waals surface area contributed by atoms with Gasteiger partial charge in [0.25, 0.3) is 0 Å². The molecule has 0 aromatic carbocycles. The summed E-state index contributed by atoms with van der Waals surface area (Å²) in [6.07, 6.45) is 7.24. The van der Waals surface area contributed by atoms with Crippen molar-refractivity contribution in [2.24, 2.45) is 5.92 Å². The Bertz CT molecular complexity index is 597. The summed E-state index contributed by atoms with van der Waals surface area (Å²) in [7, 11) is 2.18. The number of hydrogen-bond acceptors (Lipinski definition) is 5. The molecular weight excluding hydrogens is 342 g/mol. The van der Waals surface area contributed by atoms with Crippen LogP contribution in [0.1, 0.15) is 38.4 Å². The number of piperidine rings is 1. The van der Waals surface area contributed by atoms with E-state index in [0.29, 0.717) is 12.0 Å². The van der Waals surface area contributed by atoms with Gasteiger partial charge in [0, 0.05) is 70.7 Å². The lowest BCUT2D eigenvalue weighted by Crippen LogP contribution is -2.56. The van der Waals surface area contributed by atoms with Gasteiger partial charge in [-0.3, -0.25) is 14.6 Å². The number of likely N-dealkylation sites (N-methyl/N-ethyl adjacent to an activating group) is 1. The molecule has 2 saturated heterocycles. The van der Waals surface area contributed by atoms with E-state index in [-0.39, 0.29) is 6.42 Å². The Balaban J connectivity index is 1.63. The van der Waals surface area contributed by atoms with Crippen molar-refractivity contribution in [2.75, 3.05) is 46.3 Å². The second kappa shape index (κ2) is 9.66. The second-order valence-corrected chi connectivity index (χ2v) is 8.16. The van der Waals surface area contributed by atoms with Gasteiger partial charge in [-0.1, -0.05) is 6.92 Å². The summed E-state index contributed by atoms with van der Waals surface area (Å²) in [6.45, 7) is 10.5. The highest BCUT2D eigenvalue weighted by Gasteiger charge is 2.34. The number of piperazine rings is 1. The van der Waals surface area contributed by atoms with Crippen molar-refractivity contribution in [1.82, 2.24) is 24.3 Å². The number of imidazole rings is 1. The van der Waals surface area contributed by atoms with E-state index in [9.17, 15) is 9.90 Å². The molecule has 2 fully saturated rings. The summed E-state index contributed by atoms with van der Waals surface area (Å²) in [5.41, 5.74) is 0. The SMILES string of the molecule is CCCn1ccnc1CN1CC[C@H](N2CCN(C)CC2)[C@H](CCC(=O)O)C1. The zero-order valence-corrected chi connectivity index (χ0v) is 16.9. The largest absolute Gasteiger partial charge is 0.481 e. The van der Waals surface area contributed by atoms with Crippen LogP contribution >= 0.6 is 0 Å². The van der Waals surface area contributed by atoms with Gasteiger partial charge in [-0.05, 0) is 32.2 Å². The van der Waals surface area contributed by atoms with Crippen molar-refractivity contribution in [3.05, 3.63) is 18.2 Å². The number of likely N-dealkylation sites (tertiary alicyclic amines) is 1. The standard InChI is InChI=1S/C20H35N5O2/c1-3-8-25-10-7-21-19(25)16-23-9-6-18(17(15-23)4-5-20(26)27)24-13-11-22(2)12-14-24/h7,10,17-18H,3-6,8-9,11-16H2,1-2H3,(H,26,27)/t17-,18+/m1/s1. The fraction of sp³-hybridized carbons (Fsp3) is 0.800. The van der Waals surface area contributed by atoms with Crippen molar-refractivity contribution in [3.8, 4) is 0 Å². The molecule has 1 N–H and O–H groups in total. The minimum absolute atomic E-state index is 0.271. The van der Waals surface area contributed by atoms with E-state index in [2.05, 4.69) is 44.4 Å². The van der Waals surface area contributed by atoms with Gasteiger partial charge in [0.15, 0.2) is 0 Å². The van der Waals surface area contributed by atoms with E-state index in [1.165, 1.54) is 0 Å². The third-order valence-electron chi connectivity index (χ3n) is 6.15. The summed E-state index contributed by atoms with van der Waals surface area (Å²) in [5.74, 6) is 0.877. The first kappa shape index (κ1) is 20.3. The van der Waals surface area contributed by atoms with Crippen LogP contribution in [0, 0.1) is 5.92 Å². The molecule has 7 heteroatoms. The fourth-order valence-corrected chi connectivity index (χ4v) is 4.60. The van der Waals surface area contributed by atoms with Gasteiger partial charge >= 0.3 is 5.97 Å². The molecule has 152 valence electrons. The lowest BCUT2D eigenvalue weighted by Gasteiger charge is -2.46. The molecule has 0 aliphatic carbocycles. The van der Waals surface area contributed by atoms with Gasteiger partial charge < -0.3 is 14.6 Å². The van der Waals surface area contributed by atoms with E-state index >= 15 is 0 Å². The molecule has 2 aliphatic heterocycles. The molecule has 0 radical (unpaired) electrons. The number of aryl methyl sites for hydroxylation is 1. The van der Waals surface area contributed by atoms with Crippen molar-refractivity contribution < 1.29 is 9.90 Å². The molecule has 3 heterocycles. The topological polar surface area (TPSA) is 64.8 Å². The van der Waals surface area contributed by atoms with Crippen LogP contribution in [-0.2, 0) is 17.9 Å². The van der Waals surface area contributed by atoms with Crippen LogP contribution in [0.15, 0.2) is 12.4 Å². The predicted octanol–water partition coefficient (Wildman–Crippen LogP) is 1.60. The molecule has 1 aromatic rings.